The molecule has 0 saturated heterocycles. The molecule has 0 radical (unpaired) electrons. The molecule has 5 nitrogen and oxygen atoms in total. The highest BCUT2D eigenvalue weighted by atomic mass is 79.9. The number of ether oxygens (including phenoxy) is 1. The second-order valence-electron chi connectivity index (χ2n) is 7.68. The first-order chi connectivity index (χ1) is 14.4. The fraction of sp³-hybridized carbons (Fsp3) is 0.333. The zero-order valence-corrected chi connectivity index (χ0v) is 18.6. The average Bonchev–Trinajstić information content (AvgIpc) is 3.23. The summed E-state index contributed by atoms with van der Waals surface area (Å²) < 4.78 is 6.87. The van der Waals surface area contributed by atoms with Crippen molar-refractivity contribution in [3.63, 3.8) is 0 Å². The van der Waals surface area contributed by atoms with E-state index >= 15 is 0 Å². The summed E-state index contributed by atoms with van der Waals surface area (Å²) in [5, 5.41) is 12.0. The zero-order valence-electron chi connectivity index (χ0n) is 17.0. The molecular formula is C24H26BrNO4. The van der Waals surface area contributed by atoms with Crippen LogP contribution in [0.5, 0.6) is 11.5 Å². The van der Waals surface area contributed by atoms with E-state index in [1.54, 1.807) is 24.3 Å². The van der Waals surface area contributed by atoms with Gasteiger partial charge in [0.1, 0.15) is 17.2 Å². The van der Waals surface area contributed by atoms with E-state index in [0.717, 1.165) is 22.2 Å². The van der Waals surface area contributed by atoms with Crippen LogP contribution >= 0.6 is 15.9 Å². The van der Waals surface area contributed by atoms with Gasteiger partial charge < -0.3 is 15.2 Å². The Bertz CT molecular complexity index is 931. The number of benzene rings is 2. The molecule has 30 heavy (non-hydrogen) atoms. The topological polar surface area (TPSA) is 75.6 Å². The number of amides is 1. The summed E-state index contributed by atoms with van der Waals surface area (Å²) in [7, 11) is 0. The molecule has 2 N–H and O–H groups in total. The molecule has 2 aromatic rings. The number of aliphatic carboxylic acids is 1. The highest BCUT2D eigenvalue weighted by Gasteiger charge is 2.17. The van der Waals surface area contributed by atoms with Crippen LogP contribution in [0.1, 0.15) is 49.7 Å². The van der Waals surface area contributed by atoms with Gasteiger partial charge in [0, 0.05) is 10.9 Å². The first-order valence-corrected chi connectivity index (χ1v) is 11.0. The van der Waals surface area contributed by atoms with Crippen LogP contribution in [-0.2, 0) is 9.59 Å². The Morgan fingerprint density at radius 2 is 1.87 bits per heavy atom. The normalized spacial score (nSPS) is 14.5. The molecule has 2 aromatic carbocycles. The van der Waals surface area contributed by atoms with Gasteiger partial charge in [-0.25, -0.2) is 4.79 Å². The third-order valence-electron chi connectivity index (χ3n) is 5.31. The average molecular weight is 472 g/mol. The van der Waals surface area contributed by atoms with E-state index in [1.165, 1.54) is 31.8 Å². The van der Waals surface area contributed by atoms with Gasteiger partial charge >= 0.3 is 5.97 Å². The summed E-state index contributed by atoms with van der Waals surface area (Å²) in [6, 6.07) is 12.8. The van der Waals surface area contributed by atoms with Crippen molar-refractivity contribution >= 4 is 33.9 Å². The summed E-state index contributed by atoms with van der Waals surface area (Å²) in [6.07, 6.45) is 7.44. The molecule has 0 bridgehead atoms. The van der Waals surface area contributed by atoms with Crippen molar-refractivity contribution in [2.75, 3.05) is 0 Å². The Kier molecular flexibility index (Phi) is 7.69. The van der Waals surface area contributed by atoms with E-state index in [4.69, 9.17) is 4.74 Å². The van der Waals surface area contributed by atoms with Crippen LogP contribution in [0.25, 0.3) is 6.08 Å². The van der Waals surface area contributed by atoms with E-state index in [2.05, 4.69) is 21.2 Å². The number of halogens is 1. The fourth-order valence-electron chi connectivity index (χ4n) is 3.65. The van der Waals surface area contributed by atoms with Gasteiger partial charge in [-0.05, 0) is 66.8 Å². The molecule has 3 rings (SSSR count). The van der Waals surface area contributed by atoms with Gasteiger partial charge in [0.2, 0.25) is 5.91 Å². The van der Waals surface area contributed by atoms with Gasteiger partial charge in [0.15, 0.2) is 0 Å². The van der Waals surface area contributed by atoms with Crippen LogP contribution in [0.2, 0.25) is 0 Å². The molecular weight excluding hydrogens is 446 g/mol. The Hall–Kier alpha value is -2.60. The van der Waals surface area contributed by atoms with Gasteiger partial charge in [-0.15, -0.1) is 0 Å². The molecule has 0 aliphatic heterocycles. The number of carboxylic acid groups (broad SMARTS) is 1. The Morgan fingerprint density at radius 1 is 1.17 bits per heavy atom. The molecule has 1 aliphatic carbocycles. The van der Waals surface area contributed by atoms with Crippen LogP contribution in [0.4, 0.5) is 0 Å². The summed E-state index contributed by atoms with van der Waals surface area (Å²) in [4.78, 5) is 23.7. The Balaban J connectivity index is 1.62. The molecule has 0 unspecified atom stereocenters. The maximum Gasteiger partial charge on any atom is 0.352 e. The highest BCUT2D eigenvalue weighted by Crippen LogP contribution is 2.29. The van der Waals surface area contributed by atoms with Crippen LogP contribution in [0, 0.1) is 12.8 Å². The number of hydrogen-bond acceptors (Lipinski definition) is 3. The van der Waals surface area contributed by atoms with E-state index in [-0.39, 0.29) is 11.6 Å². The molecule has 158 valence electrons. The number of aryl methyl sites for hydroxylation is 1. The molecule has 6 heteroatoms. The molecule has 1 amide bonds. The van der Waals surface area contributed by atoms with Crippen LogP contribution in [0.15, 0.2) is 52.6 Å². The van der Waals surface area contributed by atoms with Crippen molar-refractivity contribution in [1.82, 2.24) is 5.32 Å². The van der Waals surface area contributed by atoms with Crippen LogP contribution < -0.4 is 10.1 Å². The van der Waals surface area contributed by atoms with Gasteiger partial charge in [0.25, 0.3) is 0 Å². The molecule has 1 fully saturated rings. The second-order valence-corrected chi connectivity index (χ2v) is 8.60. The molecule has 0 aromatic heterocycles. The summed E-state index contributed by atoms with van der Waals surface area (Å²) in [5.74, 6) is 0.587. The molecule has 0 heterocycles. The standard InChI is InChI=1S/C24H26BrNO4/c1-16-14-19(25)9-12-22(16)30-20-10-6-18(7-11-20)15-21(24(28)29)26-23(27)13-8-17-4-2-3-5-17/h6-7,9-12,14-15,17H,2-5,8,13H2,1H3,(H,26,27)(H,28,29)/b21-15-. The van der Waals surface area contributed by atoms with Gasteiger partial charge in [0.05, 0.1) is 0 Å². The van der Waals surface area contributed by atoms with Crippen LogP contribution in [0.3, 0.4) is 0 Å². The van der Waals surface area contributed by atoms with Crippen LogP contribution in [-0.4, -0.2) is 17.0 Å². The quantitative estimate of drug-likeness (QED) is 0.458. The minimum Gasteiger partial charge on any atom is -0.477 e. The van der Waals surface area contributed by atoms with E-state index in [0.29, 0.717) is 23.7 Å². The number of rotatable bonds is 8. The molecule has 0 atom stereocenters. The monoisotopic (exact) mass is 471 g/mol. The molecule has 1 aliphatic rings. The van der Waals surface area contributed by atoms with Gasteiger partial charge in [-0.2, -0.15) is 0 Å². The summed E-state index contributed by atoms with van der Waals surface area (Å²) >= 11 is 3.43. The maximum atomic E-state index is 12.2. The number of carboxylic acids is 1. The third kappa shape index (κ3) is 6.46. The van der Waals surface area contributed by atoms with Gasteiger partial charge in [-0.1, -0.05) is 53.7 Å². The van der Waals surface area contributed by atoms with Crippen molar-refractivity contribution in [2.45, 2.75) is 45.4 Å². The third-order valence-corrected chi connectivity index (χ3v) is 5.81. The zero-order chi connectivity index (χ0) is 21.5. The number of hydrogen-bond donors (Lipinski definition) is 2. The predicted molar refractivity (Wildman–Crippen MR) is 120 cm³/mol. The lowest BCUT2D eigenvalue weighted by Gasteiger charge is -2.10. The first-order valence-electron chi connectivity index (χ1n) is 10.2. The molecule has 1 saturated carbocycles. The second kappa shape index (κ2) is 10.4. The number of nitrogens with one attached hydrogen (secondary N) is 1. The summed E-state index contributed by atoms with van der Waals surface area (Å²) in [6.45, 7) is 1.96. The van der Waals surface area contributed by atoms with Crippen molar-refractivity contribution in [1.29, 1.82) is 0 Å². The van der Waals surface area contributed by atoms with Gasteiger partial charge in [-0.3, -0.25) is 4.79 Å². The van der Waals surface area contributed by atoms with E-state index < -0.39 is 5.97 Å². The van der Waals surface area contributed by atoms with E-state index in [9.17, 15) is 14.7 Å². The number of carbonyl (C=O) groups is 2. The van der Waals surface area contributed by atoms with Crippen molar-refractivity contribution in [3.8, 4) is 11.5 Å². The fourth-order valence-corrected chi connectivity index (χ4v) is 4.13. The SMILES string of the molecule is Cc1cc(Br)ccc1Oc1ccc(/C=C(\NC(=O)CCC2CCCC2)C(=O)O)cc1. The first kappa shape index (κ1) is 22.1. The van der Waals surface area contributed by atoms with E-state index in [1.807, 2.05) is 25.1 Å². The highest BCUT2D eigenvalue weighted by molar-refractivity contribution is 9.10. The Labute approximate surface area is 185 Å². The lowest BCUT2D eigenvalue weighted by atomic mass is 10.0. The van der Waals surface area contributed by atoms with Crippen molar-refractivity contribution in [3.05, 3.63) is 63.8 Å². The molecule has 0 spiro atoms. The lowest BCUT2D eigenvalue weighted by molar-refractivity contribution is -0.134. The Morgan fingerprint density at radius 3 is 2.50 bits per heavy atom. The predicted octanol–water partition coefficient (Wildman–Crippen LogP) is 6.06. The smallest absolute Gasteiger partial charge is 0.352 e. The van der Waals surface area contributed by atoms with Crippen molar-refractivity contribution in [2.24, 2.45) is 5.92 Å². The maximum absolute atomic E-state index is 12.2. The minimum absolute atomic E-state index is 0.121. The largest absolute Gasteiger partial charge is 0.477 e. The van der Waals surface area contributed by atoms with Crippen molar-refractivity contribution < 1.29 is 19.4 Å². The minimum atomic E-state index is -1.16. The lowest BCUT2D eigenvalue weighted by Crippen LogP contribution is -2.27. The number of carbonyl (C=O) groups excluding carboxylic acids is 1. The summed E-state index contributed by atoms with van der Waals surface area (Å²) in [5.41, 5.74) is 1.55.